The Balaban J connectivity index is 2.00. The van der Waals surface area contributed by atoms with E-state index in [1.807, 2.05) is 66.1 Å². The minimum absolute atomic E-state index is 0.0325. The molecule has 1 unspecified atom stereocenters. The quantitative estimate of drug-likeness (QED) is 0.366. The monoisotopic (exact) mass is 492 g/mol. The molecule has 0 bridgehead atoms. The summed E-state index contributed by atoms with van der Waals surface area (Å²) in [5, 5.41) is 4.48. The number of nitrogens with zero attached hydrogens (tertiary/aromatic N) is 3. The molecular formula is C28H33ClN4O2. The lowest BCUT2D eigenvalue weighted by molar-refractivity contribution is -0.124. The van der Waals surface area contributed by atoms with E-state index >= 15 is 0 Å². The number of carbonyl (C=O) groups is 1. The summed E-state index contributed by atoms with van der Waals surface area (Å²) >= 11 is 6.53. The zero-order chi connectivity index (χ0) is 25.7. The Morgan fingerprint density at radius 3 is 2.66 bits per heavy atom. The van der Waals surface area contributed by atoms with E-state index in [0.29, 0.717) is 10.8 Å². The summed E-state index contributed by atoms with van der Waals surface area (Å²) in [5.41, 5.74) is 5.33. The van der Waals surface area contributed by atoms with E-state index in [1.54, 1.807) is 18.5 Å². The van der Waals surface area contributed by atoms with E-state index in [-0.39, 0.29) is 24.5 Å². The third kappa shape index (κ3) is 6.01. The van der Waals surface area contributed by atoms with Gasteiger partial charge in [-0.05, 0) is 32.1 Å². The molecule has 1 N–H and O–H groups in total. The first-order chi connectivity index (χ1) is 16.6. The molecular weight excluding hydrogens is 460 g/mol. The van der Waals surface area contributed by atoms with E-state index < -0.39 is 0 Å². The van der Waals surface area contributed by atoms with Crippen molar-refractivity contribution in [1.29, 1.82) is 0 Å². The van der Waals surface area contributed by atoms with Crippen LogP contribution in [-0.2, 0) is 11.4 Å². The molecule has 1 aromatic carbocycles. The smallest absolute Gasteiger partial charge is 0.223 e. The van der Waals surface area contributed by atoms with Crippen LogP contribution in [0.3, 0.4) is 0 Å². The van der Waals surface area contributed by atoms with Gasteiger partial charge in [-0.1, -0.05) is 50.2 Å². The highest BCUT2D eigenvalue weighted by atomic mass is 35.5. The number of halogens is 1. The molecule has 0 spiro atoms. The molecule has 35 heavy (non-hydrogen) atoms. The second-order valence-corrected chi connectivity index (χ2v) is 9.42. The Bertz CT molecular complexity index is 1270. The minimum atomic E-state index is -0.263. The molecule has 0 aliphatic rings. The average molecular weight is 493 g/mol. The van der Waals surface area contributed by atoms with Crippen LogP contribution in [0.5, 0.6) is 5.75 Å². The number of aromatic nitrogens is 2. The number of allylic oxidation sites excluding steroid dienone is 2. The number of fused-ring (bicyclic) bond motifs is 1. The molecule has 184 valence electrons. The molecule has 2 heterocycles. The molecule has 0 saturated carbocycles. The molecule has 0 aliphatic heterocycles. The van der Waals surface area contributed by atoms with E-state index in [9.17, 15) is 4.79 Å². The SMILES string of the molecule is C=C/C=C(/c1cc(C)nc2c(OCc3c(Cl)cncc3C(C)NC(=O)C(C)C)cccc12)N(C)C. The molecule has 3 aromatic rings. The van der Waals surface area contributed by atoms with Crippen molar-refractivity contribution in [3.05, 3.63) is 82.8 Å². The number of hydrogen-bond acceptors (Lipinski definition) is 5. The van der Waals surface area contributed by atoms with Crippen LogP contribution in [0, 0.1) is 12.8 Å². The number of ether oxygens (including phenoxy) is 1. The molecule has 1 atom stereocenters. The summed E-state index contributed by atoms with van der Waals surface area (Å²) in [6.07, 6.45) is 7.08. The van der Waals surface area contributed by atoms with Crippen molar-refractivity contribution in [3.63, 3.8) is 0 Å². The van der Waals surface area contributed by atoms with Crippen molar-refractivity contribution in [3.8, 4) is 5.75 Å². The predicted octanol–water partition coefficient (Wildman–Crippen LogP) is 6.09. The van der Waals surface area contributed by atoms with Gasteiger partial charge in [-0.25, -0.2) is 4.98 Å². The maximum Gasteiger partial charge on any atom is 0.223 e. The summed E-state index contributed by atoms with van der Waals surface area (Å²) in [4.78, 5) is 23.3. The first kappa shape index (κ1) is 26.2. The Morgan fingerprint density at radius 1 is 1.26 bits per heavy atom. The Labute approximate surface area is 212 Å². The fourth-order valence-electron chi connectivity index (χ4n) is 3.88. The lowest BCUT2D eigenvalue weighted by Gasteiger charge is -2.21. The lowest BCUT2D eigenvalue weighted by atomic mass is 10.0. The molecule has 0 radical (unpaired) electrons. The predicted molar refractivity (Wildman–Crippen MR) is 143 cm³/mol. The van der Waals surface area contributed by atoms with Crippen molar-refractivity contribution < 1.29 is 9.53 Å². The number of pyridine rings is 2. The van der Waals surface area contributed by atoms with Crippen molar-refractivity contribution in [2.45, 2.75) is 40.3 Å². The van der Waals surface area contributed by atoms with E-state index in [1.165, 1.54) is 0 Å². The molecule has 7 heteroatoms. The maximum atomic E-state index is 12.2. The van der Waals surface area contributed by atoms with Gasteiger partial charge >= 0.3 is 0 Å². The Hall–Kier alpha value is -3.38. The normalized spacial score (nSPS) is 12.5. The van der Waals surface area contributed by atoms with Crippen LogP contribution >= 0.6 is 11.6 Å². The zero-order valence-electron chi connectivity index (χ0n) is 21.2. The number of amides is 1. The first-order valence-corrected chi connectivity index (χ1v) is 12.0. The molecule has 0 aliphatic carbocycles. The summed E-state index contributed by atoms with van der Waals surface area (Å²) in [6, 6.07) is 7.71. The number of aryl methyl sites for hydroxylation is 1. The summed E-state index contributed by atoms with van der Waals surface area (Å²) in [5.74, 6) is 0.502. The van der Waals surface area contributed by atoms with Gasteiger partial charge in [0, 0.05) is 65.9 Å². The number of carbonyl (C=O) groups excluding carboxylic acids is 1. The largest absolute Gasteiger partial charge is 0.487 e. The van der Waals surface area contributed by atoms with Gasteiger partial charge in [0.25, 0.3) is 0 Å². The van der Waals surface area contributed by atoms with Gasteiger partial charge in [-0.3, -0.25) is 9.78 Å². The van der Waals surface area contributed by atoms with Crippen LogP contribution in [-0.4, -0.2) is 34.9 Å². The summed E-state index contributed by atoms with van der Waals surface area (Å²) in [7, 11) is 4.01. The Kier molecular flexibility index (Phi) is 8.52. The van der Waals surface area contributed by atoms with Crippen LogP contribution in [0.4, 0.5) is 0 Å². The second-order valence-electron chi connectivity index (χ2n) is 9.01. The first-order valence-electron chi connectivity index (χ1n) is 11.6. The summed E-state index contributed by atoms with van der Waals surface area (Å²) < 4.78 is 6.30. The molecule has 1 amide bonds. The second kappa shape index (κ2) is 11.4. The van der Waals surface area contributed by atoms with Gasteiger partial charge in [0.05, 0.1) is 11.1 Å². The van der Waals surface area contributed by atoms with Gasteiger partial charge in [0.2, 0.25) is 5.91 Å². The van der Waals surface area contributed by atoms with Crippen molar-refractivity contribution in [2.24, 2.45) is 5.92 Å². The minimum Gasteiger partial charge on any atom is -0.487 e. The number of rotatable bonds is 9. The van der Waals surface area contributed by atoms with Crippen LogP contribution in [0.2, 0.25) is 5.02 Å². The van der Waals surface area contributed by atoms with Gasteiger partial charge in [0.15, 0.2) is 0 Å². The fraction of sp³-hybridized carbons (Fsp3) is 0.321. The van der Waals surface area contributed by atoms with Gasteiger partial charge < -0.3 is 15.0 Å². The third-order valence-corrected chi connectivity index (χ3v) is 6.05. The lowest BCUT2D eigenvalue weighted by Crippen LogP contribution is -2.31. The van der Waals surface area contributed by atoms with Crippen LogP contribution in [0.25, 0.3) is 16.6 Å². The van der Waals surface area contributed by atoms with Gasteiger partial charge in [0.1, 0.15) is 17.9 Å². The number of nitrogens with one attached hydrogen (secondary N) is 1. The number of para-hydroxylation sites is 1. The topological polar surface area (TPSA) is 67.4 Å². The van der Waals surface area contributed by atoms with Crippen molar-refractivity contribution in [1.82, 2.24) is 20.2 Å². The van der Waals surface area contributed by atoms with Crippen molar-refractivity contribution >= 4 is 34.1 Å². The van der Waals surface area contributed by atoms with Gasteiger partial charge in [-0.15, -0.1) is 0 Å². The van der Waals surface area contributed by atoms with Crippen molar-refractivity contribution in [2.75, 3.05) is 14.1 Å². The van der Waals surface area contributed by atoms with Gasteiger partial charge in [-0.2, -0.15) is 0 Å². The maximum absolute atomic E-state index is 12.2. The molecule has 0 fully saturated rings. The molecule has 2 aromatic heterocycles. The molecule has 6 nitrogen and oxygen atoms in total. The van der Waals surface area contributed by atoms with Crippen LogP contribution in [0.15, 0.2) is 55.4 Å². The number of hydrogen-bond donors (Lipinski definition) is 1. The van der Waals surface area contributed by atoms with E-state index in [2.05, 4.69) is 27.8 Å². The van der Waals surface area contributed by atoms with Crippen LogP contribution < -0.4 is 10.1 Å². The third-order valence-electron chi connectivity index (χ3n) is 5.72. The highest BCUT2D eigenvalue weighted by Gasteiger charge is 2.19. The highest BCUT2D eigenvalue weighted by molar-refractivity contribution is 6.31. The average Bonchev–Trinajstić information content (AvgIpc) is 2.80. The molecule has 3 rings (SSSR count). The Morgan fingerprint density at radius 2 is 2.00 bits per heavy atom. The number of benzene rings is 1. The zero-order valence-corrected chi connectivity index (χ0v) is 22.0. The standard InChI is InChI=1S/C28H33ClN4O2/c1-8-10-25(33(6)7)21-13-18(4)31-27-20(21)11-9-12-26(27)35-16-23-22(14-30-15-24(23)29)19(5)32-28(34)17(2)3/h8-15,17,19H,1,16H2,2-7H3,(H,32,34)/b25-10-. The molecule has 0 saturated heterocycles. The highest BCUT2D eigenvalue weighted by Crippen LogP contribution is 2.33. The fourth-order valence-corrected chi connectivity index (χ4v) is 4.10. The van der Waals surface area contributed by atoms with E-state index in [0.717, 1.165) is 39.0 Å². The van der Waals surface area contributed by atoms with Crippen LogP contribution in [0.1, 0.15) is 49.2 Å². The summed E-state index contributed by atoms with van der Waals surface area (Å²) in [6.45, 7) is 11.7. The van der Waals surface area contributed by atoms with E-state index in [4.69, 9.17) is 21.3 Å².